The van der Waals surface area contributed by atoms with E-state index in [4.69, 9.17) is 10.3 Å². The second kappa shape index (κ2) is 4.98. The number of aromatic nitrogens is 2. The van der Waals surface area contributed by atoms with E-state index in [1.165, 1.54) is 0 Å². The van der Waals surface area contributed by atoms with E-state index in [2.05, 4.69) is 24.0 Å². The molecule has 92 valence electrons. The Labute approximate surface area is 105 Å². The van der Waals surface area contributed by atoms with E-state index < -0.39 is 0 Å². The summed E-state index contributed by atoms with van der Waals surface area (Å²) >= 11 is 1.61. The van der Waals surface area contributed by atoms with Crippen molar-refractivity contribution in [1.82, 2.24) is 10.1 Å². The molecule has 0 aromatic carbocycles. The van der Waals surface area contributed by atoms with Crippen LogP contribution < -0.4 is 5.73 Å². The molecule has 2 heterocycles. The van der Waals surface area contributed by atoms with Crippen LogP contribution in [0.3, 0.4) is 0 Å². The van der Waals surface area contributed by atoms with Gasteiger partial charge >= 0.3 is 0 Å². The highest BCUT2D eigenvalue weighted by Crippen LogP contribution is 2.31. The largest absolute Gasteiger partial charge is 0.338 e. The minimum absolute atomic E-state index is 0.178. The fourth-order valence-corrected chi connectivity index (χ4v) is 2.52. The monoisotopic (exact) mass is 251 g/mol. The van der Waals surface area contributed by atoms with E-state index in [9.17, 15) is 0 Å². The van der Waals surface area contributed by atoms with Gasteiger partial charge in [-0.1, -0.05) is 25.1 Å². The lowest BCUT2D eigenvalue weighted by atomic mass is 9.82. The third-order valence-electron chi connectivity index (χ3n) is 3.37. The number of rotatable bonds is 5. The molecular weight excluding hydrogens is 234 g/mol. The average Bonchev–Trinajstić information content (AvgIpc) is 3.03. The molecule has 0 radical (unpaired) electrons. The summed E-state index contributed by atoms with van der Waals surface area (Å²) in [6.07, 6.45) is 1.82. The van der Waals surface area contributed by atoms with Gasteiger partial charge in [-0.25, -0.2) is 0 Å². The molecule has 17 heavy (non-hydrogen) atoms. The molecule has 0 aliphatic heterocycles. The molecule has 0 unspecified atom stereocenters. The Morgan fingerprint density at radius 1 is 1.41 bits per heavy atom. The minimum atomic E-state index is -0.178. The van der Waals surface area contributed by atoms with E-state index in [0.29, 0.717) is 18.3 Å². The lowest BCUT2D eigenvalue weighted by Crippen LogP contribution is -2.34. The molecule has 0 aliphatic carbocycles. The van der Waals surface area contributed by atoms with Gasteiger partial charge in [0.15, 0.2) is 0 Å². The predicted octanol–water partition coefficient (Wildman–Crippen LogP) is 2.81. The van der Waals surface area contributed by atoms with Crippen LogP contribution in [0.5, 0.6) is 0 Å². The lowest BCUT2D eigenvalue weighted by molar-refractivity contribution is 0.267. The number of thiophene rings is 1. The van der Waals surface area contributed by atoms with Gasteiger partial charge in [-0.15, -0.1) is 11.3 Å². The second-order valence-electron chi connectivity index (χ2n) is 4.09. The summed E-state index contributed by atoms with van der Waals surface area (Å²) in [5, 5.41) is 6.04. The van der Waals surface area contributed by atoms with Gasteiger partial charge in [0.05, 0.1) is 10.3 Å². The maximum Gasteiger partial charge on any atom is 0.234 e. The van der Waals surface area contributed by atoms with Crippen LogP contribution in [0.4, 0.5) is 0 Å². The fourth-order valence-electron chi connectivity index (χ4n) is 1.87. The van der Waals surface area contributed by atoms with Crippen molar-refractivity contribution < 1.29 is 4.52 Å². The van der Waals surface area contributed by atoms with E-state index in [1.54, 1.807) is 11.3 Å². The first-order valence-electron chi connectivity index (χ1n) is 5.84. The highest BCUT2D eigenvalue weighted by atomic mass is 32.1. The topological polar surface area (TPSA) is 64.9 Å². The van der Waals surface area contributed by atoms with Crippen LogP contribution in [0.2, 0.25) is 0 Å². The average molecular weight is 251 g/mol. The molecule has 0 atom stereocenters. The molecule has 5 heteroatoms. The summed E-state index contributed by atoms with van der Waals surface area (Å²) in [7, 11) is 0. The lowest BCUT2D eigenvalue weighted by Gasteiger charge is -2.24. The molecule has 2 rings (SSSR count). The van der Waals surface area contributed by atoms with Crippen molar-refractivity contribution in [2.45, 2.75) is 32.1 Å². The molecule has 0 saturated carbocycles. The number of nitrogens with two attached hydrogens (primary N) is 1. The van der Waals surface area contributed by atoms with E-state index in [1.807, 2.05) is 17.5 Å². The smallest absolute Gasteiger partial charge is 0.234 e. The Hall–Kier alpha value is -1.20. The van der Waals surface area contributed by atoms with Crippen LogP contribution in [-0.2, 0) is 5.41 Å². The Morgan fingerprint density at radius 3 is 2.71 bits per heavy atom. The Balaban J connectivity index is 2.35. The highest BCUT2D eigenvalue weighted by Gasteiger charge is 2.33. The minimum Gasteiger partial charge on any atom is -0.338 e. The van der Waals surface area contributed by atoms with Crippen LogP contribution >= 0.6 is 11.3 Å². The van der Waals surface area contributed by atoms with Gasteiger partial charge in [0, 0.05) is 6.54 Å². The van der Waals surface area contributed by atoms with Gasteiger partial charge < -0.3 is 10.3 Å². The summed E-state index contributed by atoms with van der Waals surface area (Å²) in [6, 6.07) is 3.97. The molecule has 0 aliphatic rings. The van der Waals surface area contributed by atoms with Crippen molar-refractivity contribution >= 4 is 11.3 Å². The Bertz CT molecular complexity index is 452. The van der Waals surface area contributed by atoms with Crippen molar-refractivity contribution in [3.8, 4) is 10.7 Å². The van der Waals surface area contributed by atoms with Crippen LogP contribution in [0.15, 0.2) is 22.0 Å². The van der Waals surface area contributed by atoms with Gasteiger partial charge in [-0.2, -0.15) is 4.98 Å². The molecule has 0 saturated heterocycles. The number of hydrogen-bond acceptors (Lipinski definition) is 5. The second-order valence-corrected chi connectivity index (χ2v) is 5.04. The highest BCUT2D eigenvalue weighted by molar-refractivity contribution is 7.13. The Kier molecular flexibility index (Phi) is 3.59. The third-order valence-corrected chi connectivity index (χ3v) is 4.23. The van der Waals surface area contributed by atoms with Gasteiger partial charge in [0.2, 0.25) is 11.7 Å². The quantitative estimate of drug-likeness (QED) is 0.887. The van der Waals surface area contributed by atoms with Gasteiger partial charge in [-0.05, 0) is 24.3 Å². The van der Waals surface area contributed by atoms with Crippen molar-refractivity contribution in [3.05, 3.63) is 23.4 Å². The predicted molar refractivity (Wildman–Crippen MR) is 68.9 cm³/mol. The molecule has 2 N–H and O–H groups in total. The zero-order valence-electron chi connectivity index (χ0n) is 10.1. The van der Waals surface area contributed by atoms with Gasteiger partial charge in [-0.3, -0.25) is 0 Å². The summed E-state index contributed by atoms with van der Waals surface area (Å²) in [6.45, 7) is 4.74. The van der Waals surface area contributed by atoms with Crippen molar-refractivity contribution in [1.29, 1.82) is 0 Å². The first-order chi connectivity index (χ1) is 8.25. The molecule has 4 nitrogen and oxygen atoms in total. The number of hydrogen-bond donors (Lipinski definition) is 1. The summed E-state index contributed by atoms with van der Waals surface area (Å²) in [4.78, 5) is 5.52. The van der Waals surface area contributed by atoms with Crippen LogP contribution in [0.1, 0.15) is 32.6 Å². The summed E-state index contributed by atoms with van der Waals surface area (Å²) < 4.78 is 5.39. The zero-order chi connectivity index (χ0) is 12.3. The van der Waals surface area contributed by atoms with Crippen LogP contribution in [0, 0.1) is 0 Å². The van der Waals surface area contributed by atoms with Gasteiger partial charge in [0.1, 0.15) is 0 Å². The van der Waals surface area contributed by atoms with Crippen molar-refractivity contribution in [3.63, 3.8) is 0 Å². The summed E-state index contributed by atoms with van der Waals surface area (Å²) in [5.74, 6) is 1.32. The SMILES string of the molecule is CCC(CC)(CN)c1nc(-c2cccs2)no1. The standard InChI is InChI=1S/C12H17N3OS/c1-3-12(4-2,8-13)11-14-10(15-16-11)9-6-5-7-17-9/h5-7H,3-4,8,13H2,1-2H3. The van der Waals surface area contributed by atoms with Crippen molar-refractivity contribution in [2.75, 3.05) is 6.54 Å². The van der Waals surface area contributed by atoms with E-state index >= 15 is 0 Å². The normalized spacial score (nSPS) is 11.9. The fraction of sp³-hybridized carbons (Fsp3) is 0.500. The zero-order valence-corrected chi connectivity index (χ0v) is 11.0. The molecule has 0 fully saturated rings. The number of nitrogens with zero attached hydrogens (tertiary/aromatic N) is 2. The van der Waals surface area contributed by atoms with E-state index in [0.717, 1.165) is 17.7 Å². The molecule has 2 aromatic rings. The van der Waals surface area contributed by atoms with Gasteiger partial charge in [0.25, 0.3) is 0 Å². The van der Waals surface area contributed by atoms with Crippen LogP contribution in [0.25, 0.3) is 10.7 Å². The first kappa shape index (κ1) is 12.3. The molecular formula is C12H17N3OS. The summed E-state index contributed by atoms with van der Waals surface area (Å²) in [5.41, 5.74) is 5.69. The van der Waals surface area contributed by atoms with Crippen LogP contribution in [-0.4, -0.2) is 16.7 Å². The molecule has 2 aromatic heterocycles. The van der Waals surface area contributed by atoms with Crippen molar-refractivity contribution in [2.24, 2.45) is 5.73 Å². The maximum absolute atomic E-state index is 5.86. The van der Waals surface area contributed by atoms with E-state index in [-0.39, 0.29) is 5.41 Å². The molecule has 0 spiro atoms. The first-order valence-corrected chi connectivity index (χ1v) is 6.72. The molecule has 0 bridgehead atoms. The molecule has 0 amide bonds. The Morgan fingerprint density at radius 2 is 2.18 bits per heavy atom. The maximum atomic E-state index is 5.86. The third kappa shape index (κ3) is 2.12.